The zero-order chi connectivity index (χ0) is 22.7. The van der Waals surface area contributed by atoms with E-state index in [2.05, 4.69) is 19.2 Å². The number of rotatable bonds is 13. The summed E-state index contributed by atoms with van der Waals surface area (Å²) in [5.41, 5.74) is 1.48. The van der Waals surface area contributed by atoms with Crippen molar-refractivity contribution >= 4 is 21.6 Å². The molecule has 0 heterocycles. The number of nitrogens with zero attached hydrogens (tertiary/aromatic N) is 1. The summed E-state index contributed by atoms with van der Waals surface area (Å²) in [6.45, 7) is 5.01. The first-order valence-corrected chi connectivity index (χ1v) is 12.7. The van der Waals surface area contributed by atoms with Crippen LogP contribution in [0.25, 0.3) is 0 Å². The van der Waals surface area contributed by atoms with Crippen LogP contribution in [0.1, 0.15) is 45.1 Å². The number of carbonyl (C=O) groups excluding carboxylic acids is 1. The van der Waals surface area contributed by atoms with E-state index in [0.717, 1.165) is 41.8 Å². The second-order valence-electron chi connectivity index (χ2n) is 7.76. The molecule has 7 heteroatoms. The highest BCUT2D eigenvalue weighted by atomic mass is 32.2. The molecule has 0 spiro atoms. The second kappa shape index (κ2) is 12.3. The Labute approximate surface area is 186 Å². The maximum absolute atomic E-state index is 12.5. The fourth-order valence-electron chi connectivity index (χ4n) is 3.24. The lowest BCUT2D eigenvalue weighted by Crippen LogP contribution is -2.41. The monoisotopic (exact) mass is 446 g/mol. The van der Waals surface area contributed by atoms with Crippen molar-refractivity contribution < 1.29 is 17.9 Å². The number of unbranched alkanes of at least 4 members (excludes halogenated alkanes) is 1. The molecule has 2 rings (SSSR count). The predicted octanol–water partition coefficient (Wildman–Crippen LogP) is 4.36. The van der Waals surface area contributed by atoms with Gasteiger partial charge in [0.2, 0.25) is 15.9 Å². The van der Waals surface area contributed by atoms with Crippen LogP contribution in [0, 0.1) is 5.92 Å². The van der Waals surface area contributed by atoms with Crippen LogP contribution in [0.5, 0.6) is 5.75 Å². The topological polar surface area (TPSA) is 75.7 Å². The van der Waals surface area contributed by atoms with Gasteiger partial charge < -0.3 is 10.1 Å². The van der Waals surface area contributed by atoms with E-state index in [1.54, 1.807) is 24.3 Å². The molecule has 1 amide bonds. The van der Waals surface area contributed by atoms with Crippen molar-refractivity contribution in [3.05, 3.63) is 60.2 Å². The van der Waals surface area contributed by atoms with Crippen molar-refractivity contribution in [2.75, 3.05) is 23.7 Å². The highest BCUT2D eigenvalue weighted by molar-refractivity contribution is 7.92. The van der Waals surface area contributed by atoms with E-state index in [0.29, 0.717) is 30.5 Å². The summed E-state index contributed by atoms with van der Waals surface area (Å²) in [5, 5.41) is 2.90. The fourth-order valence-corrected chi connectivity index (χ4v) is 4.09. The average molecular weight is 447 g/mol. The van der Waals surface area contributed by atoms with Gasteiger partial charge in [-0.3, -0.25) is 9.10 Å². The molecule has 0 radical (unpaired) electrons. The largest absolute Gasteiger partial charge is 0.489 e. The molecule has 2 aromatic carbocycles. The molecule has 0 aliphatic carbocycles. The summed E-state index contributed by atoms with van der Waals surface area (Å²) in [6.07, 6.45) is 5.41. The van der Waals surface area contributed by atoms with Crippen LogP contribution in [0.3, 0.4) is 0 Å². The number of hydrogen-bond acceptors (Lipinski definition) is 4. The van der Waals surface area contributed by atoms with Crippen molar-refractivity contribution in [2.24, 2.45) is 5.92 Å². The first-order valence-electron chi connectivity index (χ1n) is 10.8. The molecule has 170 valence electrons. The molecular weight excluding hydrogens is 412 g/mol. The lowest BCUT2D eigenvalue weighted by molar-refractivity contribution is -0.119. The lowest BCUT2D eigenvalue weighted by Gasteiger charge is -2.23. The van der Waals surface area contributed by atoms with E-state index >= 15 is 0 Å². The normalized spacial score (nSPS) is 12.2. The third kappa shape index (κ3) is 8.61. The number of nitrogens with one attached hydrogen (secondary N) is 1. The van der Waals surface area contributed by atoms with Crippen molar-refractivity contribution in [3.63, 3.8) is 0 Å². The summed E-state index contributed by atoms with van der Waals surface area (Å²) in [4.78, 5) is 12.5. The minimum absolute atomic E-state index is 0.243. The number of carbonyl (C=O) groups is 1. The maximum Gasteiger partial charge on any atom is 0.240 e. The Balaban J connectivity index is 1.97. The lowest BCUT2D eigenvalue weighted by atomic mass is 9.99. The van der Waals surface area contributed by atoms with Gasteiger partial charge in [-0.05, 0) is 42.2 Å². The van der Waals surface area contributed by atoms with Crippen LogP contribution < -0.4 is 14.4 Å². The van der Waals surface area contributed by atoms with E-state index < -0.39 is 10.0 Å². The van der Waals surface area contributed by atoms with Crippen LogP contribution in [-0.2, 0) is 21.4 Å². The molecule has 0 bridgehead atoms. The van der Waals surface area contributed by atoms with Gasteiger partial charge in [-0.1, -0.05) is 63.4 Å². The number of ether oxygens (including phenoxy) is 1. The van der Waals surface area contributed by atoms with Gasteiger partial charge in [0.05, 0.1) is 11.9 Å². The number of benzene rings is 2. The Kier molecular flexibility index (Phi) is 9.85. The van der Waals surface area contributed by atoms with Gasteiger partial charge in [0.15, 0.2) is 0 Å². The Hall–Kier alpha value is -2.54. The summed E-state index contributed by atoms with van der Waals surface area (Å²) in [7, 11) is -3.61. The molecule has 31 heavy (non-hydrogen) atoms. The number of anilines is 1. The SMILES string of the molecule is CCCC[C@@H](CC)CNC(=O)CN(c1ccc(OCc2ccccc2)cc1)S(C)(=O)=O. The highest BCUT2D eigenvalue weighted by Gasteiger charge is 2.21. The van der Waals surface area contributed by atoms with Gasteiger partial charge in [-0.15, -0.1) is 0 Å². The van der Waals surface area contributed by atoms with Gasteiger partial charge in [0, 0.05) is 6.54 Å². The van der Waals surface area contributed by atoms with Crippen molar-refractivity contribution in [2.45, 2.75) is 46.1 Å². The van der Waals surface area contributed by atoms with Gasteiger partial charge >= 0.3 is 0 Å². The molecule has 1 N–H and O–H groups in total. The van der Waals surface area contributed by atoms with Crippen molar-refractivity contribution in [1.82, 2.24) is 5.32 Å². The van der Waals surface area contributed by atoms with E-state index in [1.807, 2.05) is 30.3 Å². The Morgan fingerprint density at radius 2 is 1.74 bits per heavy atom. The molecular formula is C24H34N2O4S. The molecule has 0 saturated heterocycles. The maximum atomic E-state index is 12.5. The quantitative estimate of drug-likeness (QED) is 0.496. The summed E-state index contributed by atoms with van der Waals surface area (Å²) in [6, 6.07) is 16.5. The minimum atomic E-state index is -3.61. The first-order chi connectivity index (χ1) is 14.8. The zero-order valence-corrected chi connectivity index (χ0v) is 19.5. The van der Waals surface area contributed by atoms with Crippen molar-refractivity contribution in [1.29, 1.82) is 0 Å². The van der Waals surface area contributed by atoms with Gasteiger partial charge in [0.25, 0.3) is 0 Å². The summed E-state index contributed by atoms with van der Waals surface area (Å²) >= 11 is 0. The van der Waals surface area contributed by atoms with Gasteiger partial charge in [0.1, 0.15) is 18.9 Å². The van der Waals surface area contributed by atoms with E-state index in [9.17, 15) is 13.2 Å². The molecule has 1 atom stereocenters. The fraction of sp³-hybridized carbons (Fsp3) is 0.458. The predicted molar refractivity (Wildman–Crippen MR) is 126 cm³/mol. The van der Waals surface area contributed by atoms with Crippen LogP contribution >= 0.6 is 0 Å². The molecule has 0 aromatic heterocycles. The molecule has 6 nitrogen and oxygen atoms in total. The van der Waals surface area contributed by atoms with Crippen LogP contribution in [0.2, 0.25) is 0 Å². The van der Waals surface area contributed by atoms with E-state index in [4.69, 9.17) is 4.74 Å². The molecule has 0 aliphatic rings. The molecule has 0 saturated carbocycles. The van der Waals surface area contributed by atoms with Crippen molar-refractivity contribution in [3.8, 4) is 5.75 Å². The van der Waals surface area contributed by atoms with Gasteiger partial charge in [-0.25, -0.2) is 8.42 Å². The standard InChI is InChI=1S/C24H34N2O4S/c1-4-6-10-20(5-2)17-25-24(27)18-26(31(3,28)29)22-13-15-23(16-14-22)30-19-21-11-8-7-9-12-21/h7-9,11-16,20H,4-6,10,17-19H2,1-3H3,(H,25,27)/t20-/m1/s1. The summed E-state index contributed by atoms with van der Waals surface area (Å²) < 4.78 is 31.5. The molecule has 0 fully saturated rings. The number of hydrogen-bond donors (Lipinski definition) is 1. The second-order valence-corrected chi connectivity index (χ2v) is 9.67. The Morgan fingerprint density at radius 1 is 1.06 bits per heavy atom. The zero-order valence-electron chi connectivity index (χ0n) is 18.7. The molecule has 0 unspecified atom stereocenters. The number of amides is 1. The minimum Gasteiger partial charge on any atom is -0.489 e. The third-order valence-corrected chi connectivity index (χ3v) is 6.33. The van der Waals surface area contributed by atoms with Crippen LogP contribution in [0.4, 0.5) is 5.69 Å². The number of sulfonamides is 1. The first kappa shape index (κ1) is 24.7. The summed E-state index contributed by atoms with van der Waals surface area (Å²) in [5.74, 6) is 0.744. The molecule has 2 aromatic rings. The smallest absolute Gasteiger partial charge is 0.240 e. The Bertz CT molecular complexity index is 899. The van der Waals surface area contributed by atoms with Crippen LogP contribution in [-0.4, -0.2) is 33.7 Å². The highest BCUT2D eigenvalue weighted by Crippen LogP contribution is 2.22. The van der Waals surface area contributed by atoms with Gasteiger partial charge in [-0.2, -0.15) is 0 Å². The van der Waals surface area contributed by atoms with Crippen LogP contribution in [0.15, 0.2) is 54.6 Å². The van der Waals surface area contributed by atoms with E-state index in [1.165, 1.54) is 0 Å². The molecule has 0 aliphatic heterocycles. The Morgan fingerprint density at radius 3 is 2.32 bits per heavy atom. The average Bonchev–Trinajstić information content (AvgIpc) is 2.76. The third-order valence-electron chi connectivity index (χ3n) is 5.19. The van der Waals surface area contributed by atoms with E-state index in [-0.39, 0.29) is 12.5 Å².